The number of methoxy groups -OCH3 is 1. The molecule has 1 heterocycles. The predicted octanol–water partition coefficient (Wildman–Crippen LogP) is 2.79. The van der Waals surface area contributed by atoms with E-state index in [1.54, 1.807) is 7.11 Å². The Labute approximate surface area is 122 Å². The van der Waals surface area contributed by atoms with Gasteiger partial charge in [0.1, 0.15) is 5.75 Å². The molecular formula is C14H19BrN2O2. The topological polar surface area (TPSA) is 50.4 Å². The van der Waals surface area contributed by atoms with Gasteiger partial charge in [-0.15, -0.1) is 0 Å². The summed E-state index contributed by atoms with van der Waals surface area (Å²) in [4.78, 5) is 12.0. The second-order valence-electron chi connectivity index (χ2n) is 4.80. The van der Waals surface area contributed by atoms with Crippen molar-refractivity contribution < 1.29 is 9.53 Å². The highest BCUT2D eigenvalue weighted by molar-refractivity contribution is 9.10. The number of halogens is 1. The zero-order valence-corrected chi connectivity index (χ0v) is 12.6. The van der Waals surface area contributed by atoms with E-state index in [0.717, 1.165) is 41.8 Å². The van der Waals surface area contributed by atoms with Gasteiger partial charge in [0, 0.05) is 12.1 Å². The molecule has 1 aliphatic heterocycles. The van der Waals surface area contributed by atoms with Gasteiger partial charge < -0.3 is 15.4 Å². The van der Waals surface area contributed by atoms with E-state index in [-0.39, 0.29) is 5.91 Å². The number of amides is 1. The molecule has 4 nitrogen and oxygen atoms in total. The van der Waals surface area contributed by atoms with Gasteiger partial charge in [0.25, 0.3) is 0 Å². The third kappa shape index (κ3) is 4.21. The molecule has 0 unspecified atom stereocenters. The molecule has 2 N–H and O–H groups in total. The van der Waals surface area contributed by atoms with Crippen LogP contribution in [0.4, 0.5) is 5.69 Å². The zero-order valence-electron chi connectivity index (χ0n) is 11.0. The summed E-state index contributed by atoms with van der Waals surface area (Å²) in [5.74, 6) is 1.35. The Morgan fingerprint density at radius 1 is 1.47 bits per heavy atom. The van der Waals surface area contributed by atoms with E-state index in [1.807, 2.05) is 18.2 Å². The molecule has 0 spiro atoms. The van der Waals surface area contributed by atoms with Gasteiger partial charge in [0.05, 0.1) is 11.6 Å². The molecule has 0 bridgehead atoms. The van der Waals surface area contributed by atoms with Crippen LogP contribution in [0.25, 0.3) is 0 Å². The van der Waals surface area contributed by atoms with Crippen LogP contribution in [0, 0.1) is 5.92 Å². The molecule has 2 rings (SSSR count). The van der Waals surface area contributed by atoms with Crippen molar-refractivity contribution in [3.63, 3.8) is 0 Å². The Kier molecular flexibility index (Phi) is 5.22. The normalized spacial score (nSPS) is 16.1. The molecule has 0 saturated carbocycles. The highest BCUT2D eigenvalue weighted by atomic mass is 79.9. The van der Waals surface area contributed by atoms with Crippen molar-refractivity contribution in [2.45, 2.75) is 19.3 Å². The smallest absolute Gasteiger partial charge is 0.224 e. The van der Waals surface area contributed by atoms with Crippen molar-refractivity contribution in [2.75, 3.05) is 25.5 Å². The van der Waals surface area contributed by atoms with Crippen LogP contribution in [0.1, 0.15) is 19.3 Å². The highest BCUT2D eigenvalue weighted by Gasteiger charge is 2.16. The number of rotatable bonds is 4. The number of carbonyl (C=O) groups is 1. The quantitative estimate of drug-likeness (QED) is 0.894. The molecular weight excluding hydrogens is 308 g/mol. The van der Waals surface area contributed by atoms with Crippen LogP contribution in [0.2, 0.25) is 0 Å². The molecule has 1 amide bonds. The molecule has 1 aliphatic rings. The maximum atomic E-state index is 12.0. The molecule has 19 heavy (non-hydrogen) atoms. The van der Waals surface area contributed by atoms with Crippen molar-refractivity contribution in [3.8, 4) is 5.75 Å². The summed E-state index contributed by atoms with van der Waals surface area (Å²) in [5, 5.41) is 6.24. The Morgan fingerprint density at radius 3 is 2.84 bits per heavy atom. The number of nitrogens with one attached hydrogen (secondary N) is 2. The van der Waals surface area contributed by atoms with Gasteiger partial charge in [-0.1, -0.05) is 0 Å². The van der Waals surface area contributed by atoms with Crippen molar-refractivity contribution in [2.24, 2.45) is 5.92 Å². The van der Waals surface area contributed by atoms with Gasteiger partial charge in [0.2, 0.25) is 5.91 Å². The molecule has 1 fully saturated rings. The molecule has 0 radical (unpaired) electrons. The van der Waals surface area contributed by atoms with Crippen LogP contribution in [-0.2, 0) is 4.79 Å². The average Bonchev–Trinajstić information content (AvgIpc) is 2.40. The summed E-state index contributed by atoms with van der Waals surface area (Å²) < 4.78 is 6.00. The van der Waals surface area contributed by atoms with E-state index < -0.39 is 0 Å². The Hall–Kier alpha value is -1.07. The first kappa shape index (κ1) is 14.3. The Balaban J connectivity index is 1.89. The maximum Gasteiger partial charge on any atom is 0.224 e. The fraction of sp³-hybridized carbons (Fsp3) is 0.500. The molecule has 104 valence electrons. The Bertz CT molecular complexity index is 445. The summed E-state index contributed by atoms with van der Waals surface area (Å²) in [6, 6.07) is 5.55. The second-order valence-corrected chi connectivity index (χ2v) is 5.65. The lowest BCUT2D eigenvalue weighted by atomic mass is 9.94. The summed E-state index contributed by atoms with van der Waals surface area (Å²) in [6.07, 6.45) is 2.77. The van der Waals surface area contributed by atoms with E-state index in [0.29, 0.717) is 12.3 Å². The van der Waals surface area contributed by atoms with Crippen LogP contribution in [0.15, 0.2) is 22.7 Å². The first-order chi connectivity index (χ1) is 9.19. The molecule has 0 aromatic heterocycles. The van der Waals surface area contributed by atoms with Crippen molar-refractivity contribution >= 4 is 27.5 Å². The van der Waals surface area contributed by atoms with Gasteiger partial charge in [-0.25, -0.2) is 0 Å². The van der Waals surface area contributed by atoms with Crippen LogP contribution in [0.5, 0.6) is 5.75 Å². The summed E-state index contributed by atoms with van der Waals surface area (Å²) in [7, 11) is 1.62. The number of anilines is 1. The lowest BCUT2D eigenvalue weighted by molar-refractivity contribution is -0.117. The third-order valence-electron chi connectivity index (χ3n) is 3.37. The van der Waals surface area contributed by atoms with Gasteiger partial charge in [0.15, 0.2) is 0 Å². The summed E-state index contributed by atoms with van der Waals surface area (Å²) in [5.41, 5.74) is 0.798. The van der Waals surface area contributed by atoms with E-state index in [4.69, 9.17) is 4.74 Å². The van der Waals surface area contributed by atoms with E-state index in [2.05, 4.69) is 26.6 Å². The zero-order chi connectivity index (χ0) is 13.7. The molecule has 0 aliphatic carbocycles. The highest BCUT2D eigenvalue weighted by Crippen LogP contribution is 2.28. The minimum Gasteiger partial charge on any atom is -0.496 e. The van der Waals surface area contributed by atoms with Crippen molar-refractivity contribution in [1.29, 1.82) is 0 Å². The van der Waals surface area contributed by atoms with Crippen molar-refractivity contribution in [1.82, 2.24) is 5.32 Å². The first-order valence-corrected chi connectivity index (χ1v) is 7.32. The standard InChI is InChI=1S/C14H19BrN2O2/c1-19-13-3-2-11(9-12(13)15)17-14(18)8-10-4-6-16-7-5-10/h2-3,9-10,16H,4-8H2,1H3,(H,17,18). The molecule has 1 aromatic rings. The van der Waals surface area contributed by atoms with Gasteiger partial charge >= 0.3 is 0 Å². The second kappa shape index (κ2) is 6.91. The molecule has 0 atom stereocenters. The number of benzene rings is 1. The molecule has 1 saturated heterocycles. The largest absolute Gasteiger partial charge is 0.496 e. The number of hydrogen-bond acceptors (Lipinski definition) is 3. The summed E-state index contributed by atoms with van der Waals surface area (Å²) in [6.45, 7) is 2.04. The van der Waals surface area contributed by atoms with Crippen molar-refractivity contribution in [3.05, 3.63) is 22.7 Å². The fourth-order valence-electron chi connectivity index (χ4n) is 2.30. The first-order valence-electron chi connectivity index (χ1n) is 6.53. The number of carbonyl (C=O) groups excluding carboxylic acids is 1. The fourth-order valence-corrected chi connectivity index (χ4v) is 2.84. The van der Waals surface area contributed by atoms with Crippen LogP contribution in [0.3, 0.4) is 0 Å². The monoisotopic (exact) mass is 326 g/mol. The maximum absolute atomic E-state index is 12.0. The van der Waals surface area contributed by atoms with E-state index in [9.17, 15) is 4.79 Å². The molecule has 5 heteroatoms. The minimum atomic E-state index is 0.0870. The third-order valence-corrected chi connectivity index (χ3v) is 3.99. The summed E-state index contributed by atoms with van der Waals surface area (Å²) >= 11 is 3.41. The SMILES string of the molecule is COc1ccc(NC(=O)CC2CCNCC2)cc1Br. The predicted molar refractivity (Wildman–Crippen MR) is 79.5 cm³/mol. The minimum absolute atomic E-state index is 0.0870. The van der Waals surface area contributed by atoms with Gasteiger partial charge in [-0.05, 0) is 66.0 Å². The Morgan fingerprint density at radius 2 is 2.21 bits per heavy atom. The number of hydrogen-bond donors (Lipinski definition) is 2. The van der Waals surface area contributed by atoms with Crippen LogP contribution in [-0.4, -0.2) is 26.1 Å². The number of piperidine rings is 1. The number of ether oxygens (including phenoxy) is 1. The lowest BCUT2D eigenvalue weighted by Gasteiger charge is -2.21. The molecule has 1 aromatic carbocycles. The van der Waals surface area contributed by atoms with E-state index >= 15 is 0 Å². The average molecular weight is 327 g/mol. The van der Waals surface area contributed by atoms with Gasteiger partial charge in [-0.2, -0.15) is 0 Å². The van der Waals surface area contributed by atoms with E-state index in [1.165, 1.54) is 0 Å². The lowest BCUT2D eigenvalue weighted by Crippen LogP contribution is -2.30. The van der Waals surface area contributed by atoms with Crippen LogP contribution >= 0.6 is 15.9 Å². The van der Waals surface area contributed by atoms with Crippen LogP contribution < -0.4 is 15.4 Å². The van der Waals surface area contributed by atoms with Gasteiger partial charge in [-0.3, -0.25) is 4.79 Å².